The van der Waals surface area contributed by atoms with Crippen molar-refractivity contribution in [1.29, 1.82) is 0 Å². The van der Waals surface area contributed by atoms with Crippen molar-refractivity contribution in [3.8, 4) is 0 Å². The Balaban J connectivity index is 2.28. The van der Waals surface area contributed by atoms with E-state index in [2.05, 4.69) is 24.0 Å². The summed E-state index contributed by atoms with van der Waals surface area (Å²) in [4.78, 5) is 3.86. The van der Waals surface area contributed by atoms with E-state index in [9.17, 15) is 4.39 Å². The van der Waals surface area contributed by atoms with Crippen LogP contribution in [0.25, 0.3) is 0 Å². The van der Waals surface area contributed by atoms with Crippen LogP contribution in [0, 0.1) is 5.82 Å². The van der Waals surface area contributed by atoms with E-state index < -0.39 is 0 Å². The van der Waals surface area contributed by atoms with Gasteiger partial charge >= 0.3 is 0 Å². The standard InChI is InChI=1S/C15H17FN2/c1-2-14(11-6-4-3-5-7-11)15(17)12-8-13(16)10-18-9-12/h3-10,14-15H,2,17H2,1H3. The minimum Gasteiger partial charge on any atom is -0.323 e. The van der Waals surface area contributed by atoms with Gasteiger partial charge in [0, 0.05) is 18.2 Å². The molecule has 0 aliphatic heterocycles. The molecule has 0 radical (unpaired) electrons. The first-order valence-corrected chi connectivity index (χ1v) is 6.13. The number of halogens is 1. The van der Waals surface area contributed by atoms with Crippen molar-refractivity contribution in [3.05, 3.63) is 65.7 Å². The molecular weight excluding hydrogens is 227 g/mol. The molecule has 94 valence electrons. The van der Waals surface area contributed by atoms with Crippen LogP contribution in [0.4, 0.5) is 4.39 Å². The van der Waals surface area contributed by atoms with Gasteiger partial charge in [0.2, 0.25) is 0 Å². The number of benzene rings is 1. The van der Waals surface area contributed by atoms with Crippen molar-refractivity contribution in [2.24, 2.45) is 5.73 Å². The van der Waals surface area contributed by atoms with Crippen molar-refractivity contribution in [2.75, 3.05) is 0 Å². The summed E-state index contributed by atoms with van der Waals surface area (Å²) in [7, 11) is 0. The Morgan fingerprint density at radius 3 is 2.50 bits per heavy atom. The Kier molecular flexibility index (Phi) is 4.05. The van der Waals surface area contributed by atoms with Gasteiger partial charge in [-0.05, 0) is 23.6 Å². The number of hydrogen-bond donors (Lipinski definition) is 1. The van der Waals surface area contributed by atoms with Crippen LogP contribution in [0.3, 0.4) is 0 Å². The van der Waals surface area contributed by atoms with Gasteiger partial charge in [0.1, 0.15) is 5.82 Å². The third kappa shape index (κ3) is 2.74. The fraction of sp³-hybridized carbons (Fsp3) is 0.267. The van der Waals surface area contributed by atoms with E-state index in [4.69, 9.17) is 5.73 Å². The van der Waals surface area contributed by atoms with E-state index in [1.54, 1.807) is 6.20 Å². The van der Waals surface area contributed by atoms with Crippen molar-refractivity contribution < 1.29 is 4.39 Å². The lowest BCUT2D eigenvalue weighted by Crippen LogP contribution is -2.19. The highest BCUT2D eigenvalue weighted by atomic mass is 19.1. The second-order valence-electron chi connectivity index (χ2n) is 4.39. The van der Waals surface area contributed by atoms with Crippen LogP contribution >= 0.6 is 0 Å². The second kappa shape index (κ2) is 5.74. The van der Waals surface area contributed by atoms with Crippen LogP contribution in [-0.2, 0) is 0 Å². The van der Waals surface area contributed by atoms with Gasteiger partial charge in [0.25, 0.3) is 0 Å². The van der Waals surface area contributed by atoms with Crippen LogP contribution in [0.5, 0.6) is 0 Å². The number of hydrogen-bond acceptors (Lipinski definition) is 2. The maximum atomic E-state index is 13.2. The smallest absolute Gasteiger partial charge is 0.141 e. The summed E-state index contributed by atoms with van der Waals surface area (Å²) < 4.78 is 13.2. The highest BCUT2D eigenvalue weighted by molar-refractivity contribution is 5.26. The molecule has 2 N–H and O–H groups in total. The second-order valence-corrected chi connectivity index (χ2v) is 4.39. The molecule has 2 atom stereocenters. The van der Waals surface area contributed by atoms with E-state index in [0.29, 0.717) is 0 Å². The highest BCUT2D eigenvalue weighted by Crippen LogP contribution is 2.31. The first kappa shape index (κ1) is 12.7. The molecule has 18 heavy (non-hydrogen) atoms. The summed E-state index contributed by atoms with van der Waals surface area (Å²) in [5.74, 6) is -0.166. The summed E-state index contributed by atoms with van der Waals surface area (Å²) in [6.07, 6.45) is 3.74. The maximum absolute atomic E-state index is 13.2. The number of nitrogens with two attached hydrogens (primary N) is 1. The van der Waals surface area contributed by atoms with Gasteiger partial charge in [-0.25, -0.2) is 4.39 Å². The zero-order valence-electron chi connectivity index (χ0n) is 10.4. The lowest BCUT2D eigenvalue weighted by Gasteiger charge is -2.23. The Bertz CT molecular complexity index is 499. The molecule has 0 saturated carbocycles. The number of rotatable bonds is 4. The largest absolute Gasteiger partial charge is 0.323 e. The molecule has 1 heterocycles. The molecular formula is C15H17FN2. The number of nitrogens with zero attached hydrogens (tertiary/aromatic N) is 1. The summed E-state index contributed by atoms with van der Waals surface area (Å²) in [6, 6.07) is 11.3. The molecule has 0 aliphatic rings. The Morgan fingerprint density at radius 2 is 1.89 bits per heavy atom. The van der Waals surface area contributed by atoms with Gasteiger partial charge in [0.05, 0.1) is 6.20 Å². The van der Waals surface area contributed by atoms with Crippen LogP contribution < -0.4 is 5.73 Å². The van der Waals surface area contributed by atoms with E-state index in [1.165, 1.54) is 17.8 Å². The summed E-state index contributed by atoms with van der Waals surface area (Å²) >= 11 is 0. The molecule has 1 aromatic heterocycles. The van der Waals surface area contributed by atoms with E-state index in [1.807, 2.05) is 18.2 Å². The molecule has 2 rings (SSSR count). The van der Waals surface area contributed by atoms with Crippen LogP contribution in [-0.4, -0.2) is 4.98 Å². The molecule has 2 aromatic rings. The van der Waals surface area contributed by atoms with Crippen molar-refractivity contribution in [2.45, 2.75) is 25.3 Å². The SMILES string of the molecule is CCC(c1ccccc1)C(N)c1cncc(F)c1. The minimum atomic E-state index is -0.342. The maximum Gasteiger partial charge on any atom is 0.141 e. The predicted molar refractivity (Wildman–Crippen MR) is 70.6 cm³/mol. The molecule has 2 unspecified atom stereocenters. The lowest BCUT2D eigenvalue weighted by molar-refractivity contribution is 0.531. The Labute approximate surface area is 107 Å². The Morgan fingerprint density at radius 1 is 1.17 bits per heavy atom. The zero-order valence-corrected chi connectivity index (χ0v) is 10.4. The molecule has 0 saturated heterocycles. The Hall–Kier alpha value is -1.74. The lowest BCUT2D eigenvalue weighted by atomic mass is 9.86. The molecule has 0 amide bonds. The van der Waals surface area contributed by atoms with Crippen LogP contribution in [0.2, 0.25) is 0 Å². The first-order valence-electron chi connectivity index (χ1n) is 6.13. The quantitative estimate of drug-likeness (QED) is 0.895. The van der Waals surface area contributed by atoms with Gasteiger partial charge in [-0.15, -0.1) is 0 Å². The van der Waals surface area contributed by atoms with E-state index in [0.717, 1.165) is 12.0 Å². The van der Waals surface area contributed by atoms with Crippen molar-refractivity contribution in [1.82, 2.24) is 4.98 Å². The van der Waals surface area contributed by atoms with E-state index >= 15 is 0 Å². The van der Waals surface area contributed by atoms with Crippen LogP contribution in [0.15, 0.2) is 48.8 Å². The van der Waals surface area contributed by atoms with Crippen molar-refractivity contribution >= 4 is 0 Å². The summed E-state index contributed by atoms with van der Waals surface area (Å²) in [5, 5.41) is 0. The first-order chi connectivity index (χ1) is 8.72. The topological polar surface area (TPSA) is 38.9 Å². The molecule has 0 aliphatic carbocycles. The van der Waals surface area contributed by atoms with Gasteiger partial charge in [0.15, 0.2) is 0 Å². The average Bonchev–Trinajstić information content (AvgIpc) is 2.41. The molecule has 0 fully saturated rings. The molecule has 0 spiro atoms. The fourth-order valence-corrected chi connectivity index (χ4v) is 2.24. The minimum absolute atomic E-state index is 0.176. The fourth-order valence-electron chi connectivity index (χ4n) is 2.24. The molecule has 2 nitrogen and oxygen atoms in total. The molecule has 0 bridgehead atoms. The monoisotopic (exact) mass is 244 g/mol. The van der Waals surface area contributed by atoms with Gasteiger partial charge in [-0.2, -0.15) is 0 Å². The third-order valence-corrected chi connectivity index (χ3v) is 3.21. The normalized spacial score (nSPS) is 14.2. The third-order valence-electron chi connectivity index (χ3n) is 3.21. The summed E-state index contributed by atoms with van der Waals surface area (Å²) in [5.41, 5.74) is 8.16. The highest BCUT2D eigenvalue weighted by Gasteiger charge is 2.20. The van der Waals surface area contributed by atoms with Crippen LogP contribution in [0.1, 0.15) is 36.4 Å². The predicted octanol–water partition coefficient (Wildman–Crippen LogP) is 3.41. The average molecular weight is 244 g/mol. The van der Waals surface area contributed by atoms with E-state index in [-0.39, 0.29) is 17.8 Å². The molecule has 1 aromatic carbocycles. The number of aromatic nitrogens is 1. The number of pyridine rings is 1. The summed E-state index contributed by atoms with van der Waals surface area (Å²) in [6.45, 7) is 2.09. The molecule has 3 heteroatoms. The van der Waals surface area contributed by atoms with Gasteiger partial charge in [-0.3, -0.25) is 4.98 Å². The van der Waals surface area contributed by atoms with Crippen molar-refractivity contribution in [3.63, 3.8) is 0 Å². The van der Waals surface area contributed by atoms with Gasteiger partial charge < -0.3 is 5.73 Å². The zero-order chi connectivity index (χ0) is 13.0. The van der Waals surface area contributed by atoms with Gasteiger partial charge in [-0.1, -0.05) is 37.3 Å².